The Morgan fingerprint density at radius 2 is 2.36 bits per heavy atom. The van der Waals surface area contributed by atoms with Crippen molar-refractivity contribution in [1.82, 2.24) is 4.90 Å². The molecule has 1 saturated heterocycles. The Balaban J connectivity index is 2.45. The molecule has 1 heterocycles. The van der Waals surface area contributed by atoms with Crippen LogP contribution in [0.4, 0.5) is 0 Å². The van der Waals surface area contributed by atoms with Gasteiger partial charge in [-0.15, -0.1) is 0 Å². The standard InChI is InChI=1S/C10H19NO2S/c1-8-4-5-11(6-9(8)13-2)10(12)7-14-3/h8-9H,4-7H2,1-3H3. The quantitative estimate of drug-likeness (QED) is 0.712. The van der Waals surface area contributed by atoms with Crippen LogP contribution >= 0.6 is 11.8 Å². The lowest BCUT2D eigenvalue weighted by Gasteiger charge is -2.36. The van der Waals surface area contributed by atoms with Gasteiger partial charge < -0.3 is 9.64 Å². The molecule has 1 fully saturated rings. The van der Waals surface area contributed by atoms with Crippen molar-refractivity contribution in [2.45, 2.75) is 19.4 Å². The van der Waals surface area contributed by atoms with Crippen molar-refractivity contribution in [2.24, 2.45) is 5.92 Å². The van der Waals surface area contributed by atoms with Crippen molar-refractivity contribution in [2.75, 3.05) is 32.2 Å². The molecule has 0 radical (unpaired) electrons. The molecule has 0 aromatic rings. The number of carbonyl (C=O) groups is 1. The van der Waals surface area contributed by atoms with Gasteiger partial charge in [0.15, 0.2) is 0 Å². The van der Waals surface area contributed by atoms with Crippen LogP contribution in [0, 0.1) is 5.92 Å². The summed E-state index contributed by atoms with van der Waals surface area (Å²) in [6.45, 7) is 3.84. The highest BCUT2D eigenvalue weighted by Gasteiger charge is 2.28. The molecule has 1 aliphatic heterocycles. The molecule has 4 heteroatoms. The van der Waals surface area contributed by atoms with Crippen LogP contribution in [0.1, 0.15) is 13.3 Å². The van der Waals surface area contributed by atoms with E-state index in [0.717, 1.165) is 19.5 Å². The summed E-state index contributed by atoms with van der Waals surface area (Å²) >= 11 is 1.58. The largest absolute Gasteiger partial charge is 0.379 e. The normalized spacial score (nSPS) is 27.8. The number of ether oxygens (including phenoxy) is 1. The second-order valence-electron chi connectivity index (χ2n) is 3.81. The average molecular weight is 217 g/mol. The molecule has 0 aliphatic carbocycles. The van der Waals surface area contributed by atoms with E-state index >= 15 is 0 Å². The Hall–Kier alpha value is -0.220. The molecule has 0 bridgehead atoms. The second-order valence-corrected chi connectivity index (χ2v) is 4.68. The van der Waals surface area contributed by atoms with Crippen LogP contribution in [-0.2, 0) is 9.53 Å². The van der Waals surface area contributed by atoms with Crippen molar-refractivity contribution >= 4 is 17.7 Å². The van der Waals surface area contributed by atoms with Gasteiger partial charge in [-0.05, 0) is 18.6 Å². The van der Waals surface area contributed by atoms with Gasteiger partial charge in [0, 0.05) is 20.2 Å². The minimum atomic E-state index is 0.217. The number of thioether (sulfide) groups is 1. The van der Waals surface area contributed by atoms with Gasteiger partial charge in [0.05, 0.1) is 11.9 Å². The minimum Gasteiger partial charge on any atom is -0.379 e. The fraction of sp³-hybridized carbons (Fsp3) is 0.900. The first-order valence-electron chi connectivity index (χ1n) is 4.98. The Morgan fingerprint density at radius 1 is 1.64 bits per heavy atom. The van der Waals surface area contributed by atoms with Gasteiger partial charge in [0.25, 0.3) is 0 Å². The maximum absolute atomic E-state index is 11.6. The maximum atomic E-state index is 11.6. The monoisotopic (exact) mass is 217 g/mol. The van der Waals surface area contributed by atoms with Gasteiger partial charge in [-0.1, -0.05) is 6.92 Å². The van der Waals surface area contributed by atoms with E-state index in [9.17, 15) is 4.79 Å². The van der Waals surface area contributed by atoms with Crippen molar-refractivity contribution in [1.29, 1.82) is 0 Å². The molecule has 1 amide bonds. The molecule has 2 unspecified atom stereocenters. The predicted octanol–water partition coefficient (Wildman–Crippen LogP) is 1.23. The van der Waals surface area contributed by atoms with Gasteiger partial charge in [0.2, 0.25) is 5.91 Å². The van der Waals surface area contributed by atoms with Gasteiger partial charge in [-0.25, -0.2) is 0 Å². The van der Waals surface area contributed by atoms with E-state index in [1.165, 1.54) is 0 Å². The zero-order valence-electron chi connectivity index (χ0n) is 9.16. The van der Waals surface area contributed by atoms with Crippen LogP contribution < -0.4 is 0 Å². The molecule has 1 rings (SSSR count). The Morgan fingerprint density at radius 3 is 2.93 bits per heavy atom. The summed E-state index contributed by atoms with van der Waals surface area (Å²) < 4.78 is 5.36. The van der Waals surface area contributed by atoms with E-state index in [0.29, 0.717) is 11.7 Å². The third-order valence-corrected chi connectivity index (χ3v) is 3.35. The van der Waals surface area contributed by atoms with E-state index in [1.54, 1.807) is 18.9 Å². The summed E-state index contributed by atoms with van der Waals surface area (Å²) in [5, 5.41) is 0. The summed E-state index contributed by atoms with van der Waals surface area (Å²) in [6.07, 6.45) is 3.23. The summed E-state index contributed by atoms with van der Waals surface area (Å²) in [7, 11) is 1.73. The first kappa shape index (κ1) is 11.9. The third kappa shape index (κ3) is 2.89. The van der Waals surface area contributed by atoms with Gasteiger partial charge in [-0.3, -0.25) is 4.79 Å². The topological polar surface area (TPSA) is 29.5 Å². The highest BCUT2D eigenvalue weighted by atomic mass is 32.2. The molecule has 14 heavy (non-hydrogen) atoms. The lowest BCUT2D eigenvalue weighted by atomic mass is 9.96. The Bertz CT molecular complexity index is 199. The first-order valence-corrected chi connectivity index (χ1v) is 6.38. The summed E-state index contributed by atoms with van der Waals surface area (Å²) in [5.74, 6) is 1.40. The number of methoxy groups -OCH3 is 1. The molecule has 0 saturated carbocycles. The number of hydrogen-bond donors (Lipinski definition) is 0. The van der Waals surface area contributed by atoms with Crippen LogP contribution in [-0.4, -0.2) is 49.1 Å². The van der Waals surface area contributed by atoms with E-state index in [4.69, 9.17) is 4.74 Å². The summed E-state index contributed by atoms with van der Waals surface area (Å²) in [6, 6.07) is 0. The number of likely N-dealkylation sites (tertiary alicyclic amines) is 1. The van der Waals surface area contributed by atoms with Crippen LogP contribution in [0.3, 0.4) is 0 Å². The van der Waals surface area contributed by atoms with Crippen molar-refractivity contribution in [3.05, 3.63) is 0 Å². The first-order chi connectivity index (χ1) is 6.69. The van der Waals surface area contributed by atoms with Gasteiger partial charge in [-0.2, -0.15) is 11.8 Å². The summed E-state index contributed by atoms with van der Waals surface area (Å²) in [5.41, 5.74) is 0. The molecule has 0 aromatic carbocycles. The van der Waals surface area contributed by atoms with E-state index in [1.807, 2.05) is 11.2 Å². The highest BCUT2D eigenvalue weighted by Crippen LogP contribution is 2.19. The summed E-state index contributed by atoms with van der Waals surface area (Å²) in [4.78, 5) is 13.5. The average Bonchev–Trinajstić information content (AvgIpc) is 2.19. The smallest absolute Gasteiger partial charge is 0.232 e. The van der Waals surface area contributed by atoms with Crippen LogP contribution in [0.5, 0.6) is 0 Å². The molecule has 0 N–H and O–H groups in total. The Kier molecular flexibility index (Phi) is 4.75. The molecule has 1 aliphatic rings. The molecular weight excluding hydrogens is 198 g/mol. The number of amides is 1. The van der Waals surface area contributed by atoms with E-state index in [2.05, 4.69) is 6.92 Å². The highest BCUT2D eigenvalue weighted by molar-refractivity contribution is 7.99. The van der Waals surface area contributed by atoms with E-state index < -0.39 is 0 Å². The maximum Gasteiger partial charge on any atom is 0.232 e. The zero-order chi connectivity index (χ0) is 10.6. The molecule has 0 spiro atoms. The van der Waals surface area contributed by atoms with Crippen LogP contribution in [0.2, 0.25) is 0 Å². The third-order valence-electron chi connectivity index (χ3n) is 2.81. The molecule has 3 nitrogen and oxygen atoms in total. The van der Waals surface area contributed by atoms with Gasteiger partial charge >= 0.3 is 0 Å². The predicted molar refractivity (Wildman–Crippen MR) is 59.5 cm³/mol. The number of rotatable bonds is 3. The van der Waals surface area contributed by atoms with Gasteiger partial charge in [0.1, 0.15) is 0 Å². The number of carbonyl (C=O) groups excluding carboxylic acids is 1. The van der Waals surface area contributed by atoms with Crippen LogP contribution in [0.25, 0.3) is 0 Å². The van der Waals surface area contributed by atoms with Crippen molar-refractivity contribution < 1.29 is 9.53 Å². The lowest BCUT2D eigenvalue weighted by Crippen LogP contribution is -2.47. The molecule has 82 valence electrons. The van der Waals surface area contributed by atoms with E-state index in [-0.39, 0.29) is 12.0 Å². The Labute approximate surface area is 90.2 Å². The fourth-order valence-corrected chi connectivity index (χ4v) is 2.21. The number of nitrogens with zero attached hydrogens (tertiary/aromatic N) is 1. The number of piperidine rings is 1. The zero-order valence-corrected chi connectivity index (χ0v) is 9.97. The fourth-order valence-electron chi connectivity index (χ4n) is 1.78. The molecule has 0 aromatic heterocycles. The minimum absolute atomic E-state index is 0.217. The van der Waals surface area contributed by atoms with Crippen molar-refractivity contribution in [3.8, 4) is 0 Å². The molecular formula is C10H19NO2S. The second kappa shape index (κ2) is 5.61. The number of hydrogen-bond acceptors (Lipinski definition) is 3. The SMILES string of the molecule is COC1CN(C(=O)CSC)CCC1C. The molecule has 2 atom stereocenters. The lowest BCUT2D eigenvalue weighted by molar-refractivity contribution is -0.133. The van der Waals surface area contributed by atoms with Crippen LogP contribution in [0.15, 0.2) is 0 Å². The van der Waals surface area contributed by atoms with Crippen molar-refractivity contribution in [3.63, 3.8) is 0 Å².